The Morgan fingerprint density at radius 3 is 2.71 bits per heavy atom. The quantitative estimate of drug-likeness (QED) is 0.894. The van der Waals surface area contributed by atoms with E-state index in [1.165, 1.54) is 18.7 Å². The lowest BCUT2D eigenvalue weighted by Gasteiger charge is -2.46. The van der Waals surface area contributed by atoms with Crippen molar-refractivity contribution in [2.75, 3.05) is 0 Å². The first-order valence-corrected chi connectivity index (χ1v) is 8.95. The number of aliphatic imine (C=N–C) groups is 1. The molecule has 3 rings (SSSR count). The minimum absolute atomic E-state index is 0.00184. The number of fused-ring (bicyclic) bond motifs is 2. The molecule has 3 unspecified atom stereocenters. The van der Waals surface area contributed by atoms with Gasteiger partial charge in [-0.05, 0) is 26.3 Å². The summed E-state index contributed by atoms with van der Waals surface area (Å²) in [4.78, 5) is 28.4. The average molecular weight is 346 g/mol. The maximum atomic E-state index is 12.4. The normalized spacial score (nSPS) is 31.2. The fourth-order valence-electron chi connectivity index (χ4n) is 3.49. The van der Waals surface area contributed by atoms with Crippen LogP contribution >= 0.6 is 11.8 Å². The van der Waals surface area contributed by atoms with E-state index in [9.17, 15) is 9.59 Å². The van der Waals surface area contributed by atoms with E-state index < -0.39 is 10.8 Å². The molecule has 3 atom stereocenters. The smallest absolute Gasteiger partial charge is 0.222 e. The number of para-hydroxylation sites is 1. The first-order valence-electron chi connectivity index (χ1n) is 8.13. The summed E-state index contributed by atoms with van der Waals surface area (Å²) < 4.78 is 5.70. The van der Waals surface area contributed by atoms with Gasteiger partial charge in [0.15, 0.2) is 11.0 Å². The zero-order chi connectivity index (χ0) is 17.5. The molecule has 1 amide bonds. The minimum Gasteiger partial charge on any atom is -0.487 e. The Labute approximate surface area is 146 Å². The van der Waals surface area contributed by atoms with Crippen LogP contribution in [-0.2, 0) is 14.3 Å². The van der Waals surface area contributed by atoms with Gasteiger partial charge in [0.05, 0.1) is 4.75 Å². The fourth-order valence-corrected chi connectivity index (χ4v) is 5.18. The second-order valence-electron chi connectivity index (χ2n) is 6.70. The van der Waals surface area contributed by atoms with Gasteiger partial charge in [-0.25, -0.2) is 4.99 Å². The number of thioether (sulfide) groups is 1. The van der Waals surface area contributed by atoms with Crippen LogP contribution in [0.5, 0.6) is 5.75 Å². The van der Waals surface area contributed by atoms with Crippen LogP contribution in [0.3, 0.4) is 0 Å². The number of amidine groups is 1. The van der Waals surface area contributed by atoms with Crippen LogP contribution in [-0.4, -0.2) is 28.5 Å². The van der Waals surface area contributed by atoms with Crippen molar-refractivity contribution >= 4 is 28.6 Å². The third-order valence-corrected chi connectivity index (χ3v) is 6.07. The third-order valence-electron chi connectivity index (χ3n) is 4.72. The monoisotopic (exact) mass is 346 g/mol. The van der Waals surface area contributed by atoms with Crippen LogP contribution in [0.2, 0.25) is 0 Å². The van der Waals surface area contributed by atoms with Gasteiger partial charge < -0.3 is 10.1 Å². The molecule has 1 N–H and O–H groups in total. The van der Waals surface area contributed by atoms with Gasteiger partial charge in [0.25, 0.3) is 0 Å². The molecule has 0 bridgehead atoms. The molecular weight excluding hydrogens is 324 g/mol. The number of benzene rings is 1. The summed E-state index contributed by atoms with van der Waals surface area (Å²) in [5.74, 6) is 0.614. The van der Waals surface area contributed by atoms with Crippen molar-refractivity contribution in [3.05, 3.63) is 29.8 Å². The molecule has 128 valence electrons. The molecule has 2 aliphatic rings. The minimum atomic E-state index is -0.538. The number of nitrogens with zero attached hydrogens (tertiary/aromatic N) is 1. The summed E-state index contributed by atoms with van der Waals surface area (Å²) in [6.07, 6.45) is 1.48. The number of hydrogen-bond acceptors (Lipinski definition) is 5. The topological polar surface area (TPSA) is 67.8 Å². The van der Waals surface area contributed by atoms with Gasteiger partial charge in [-0.15, -0.1) is 0 Å². The second kappa shape index (κ2) is 5.92. The molecule has 0 aliphatic carbocycles. The molecule has 6 heteroatoms. The van der Waals surface area contributed by atoms with E-state index in [0.717, 1.165) is 17.7 Å². The predicted octanol–water partition coefficient (Wildman–Crippen LogP) is 3.03. The van der Waals surface area contributed by atoms with Crippen LogP contribution in [0.25, 0.3) is 0 Å². The molecule has 5 nitrogen and oxygen atoms in total. The highest BCUT2D eigenvalue weighted by Gasteiger charge is 2.56. The maximum Gasteiger partial charge on any atom is 0.222 e. The number of amides is 1. The number of Topliss-reactive ketones (excluding diaryl/α,β-unsaturated/α-hetero) is 1. The summed E-state index contributed by atoms with van der Waals surface area (Å²) in [7, 11) is 0. The lowest BCUT2D eigenvalue weighted by molar-refractivity contribution is -0.120. The first kappa shape index (κ1) is 17.0. The van der Waals surface area contributed by atoms with Gasteiger partial charge in [-0.1, -0.05) is 36.9 Å². The largest absolute Gasteiger partial charge is 0.487 e. The fraction of sp³-hybridized carbons (Fsp3) is 0.500. The molecule has 1 aromatic carbocycles. The van der Waals surface area contributed by atoms with Gasteiger partial charge in [0.1, 0.15) is 17.4 Å². The van der Waals surface area contributed by atoms with Crippen molar-refractivity contribution in [3.63, 3.8) is 0 Å². The SMILES string of the molecule is CCC1(C)CC2(SC(NC(C)=O)=NC2C(C)=O)c2ccccc2O1. The van der Waals surface area contributed by atoms with E-state index in [1.807, 2.05) is 24.3 Å². The molecule has 0 radical (unpaired) electrons. The summed E-state index contributed by atoms with van der Waals surface area (Å²) in [5.41, 5.74) is 0.598. The van der Waals surface area contributed by atoms with E-state index >= 15 is 0 Å². The van der Waals surface area contributed by atoms with E-state index in [4.69, 9.17) is 4.74 Å². The van der Waals surface area contributed by atoms with Gasteiger partial charge >= 0.3 is 0 Å². The number of nitrogens with one attached hydrogen (secondary N) is 1. The lowest BCUT2D eigenvalue weighted by atomic mass is 9.76. The third kappa shape index (κ3) is 2.73. The molecule has 1 aromatic rings. The molecule has 0 aromatic heterocycles. The zero-order valence-corrected chi connectivity index (χ0v) is 15.2. The summed E-state index contributed by atoms with van der Waals surface area (Å²) >= 11 is 1.48. The lowest BCUT2D eigenvalue weighted by Crippen LogP contribution is -2.50. The molecule has 0 fully saturated rings. The summed E-state index contributed by atoms with van der Waals surface area (Å²) in [6.45, 7) is 7.16. The van der Waals surface area contributed by atoms with E-state index in [1.54, 1.807) is 6.92 Å². The molecule has 2 aliphatic heterocycles. The van der Waals surface area contributed by atoms with Crippen LogP contribution in [0.4, 0.5) is 0 Å². The van der Waals surface area contributed by atoms with E-state index in [0.29, 0.717) is 11.6 Å². The number of rotatable bonds is 2. The highest BCUT2D eigenvalue weighted by Crippen LogP contribution is 2.57. The Balaban J connectivity index is 2.13. The standard InChI is InChI=1S/C18H22N2O3S/c1-5-17(4)10-18(13-8-6-7-9-14(13)23-17)15(11(2)21)20-16(24-18)19-12(3)22/h6-9,15H,5,10H2,1-4H3,(H,19,20,22). The van der Waals surface area contributed by atoms with Crippen molar-refractivity contribution in [3.8, 4) is 5.75 Å². The van der Waals surface area contributed by atoms with E-state index in [2.05, 4.69) is 24.2 Å². The molecule has 0 saturated heterocycles. The van der Waals surface area contributed by atoms with Crippen molar-refractivity contribution in [2.24, 2.45) is 4.99 Å². The number of hydrogen-bond donors (Lipinski definition) is 1. The molecule has 0 saturated carbocycles. The Bertz CT molecular complexity index is 733. The van der Waals surface area contributed by atoms with E-state index in [-0.39, 0.29) is 17.3 Å². The van der Waals surface area contributed by atoms with Gasteiger partial charge in [-0.2, -0.15) is 0 Å². The number of carbonyl (C=O) groups is 2. The summed E-state index contributed by atoms with van der Waals surface area (Å²) in [5, 5.41) is 3.27. The first-order chi connectivity index (χ1) is 11.3. The van der Waals surface area contributed by atoms with Gasteiger partial charge in [0.2, 0.25) is 5.91 Å². The van der Waals surface area contributed by atoms with Crippen molar-refractivity contribution < 1.29 is 14.3 Å². The van der Waals surface area contributed by atoms with Crippen molar-refractivity contribution in [1.82, 2.24) is 5.32 Å². The van der Waals surface area contributed by atoms with Gasteiger partial charge in [-0.3, -0.25) is 9.59 Å². The van der Waals surface area contributed by atoms with Crippen LogP contribution in [0.15, 0.2) is 29.3 Å². The summed E-state index contributed by atoms with van der Waals surface area (Å²) in [6, 6.07) is 7.30. The average Bonchev–Trinajstić information content (AvgIpc) is 2.85. The maximum absolute atomic E-state index is 12.4. The van der Waals surface area contributed by atoms with Crippen LogP contribution in [0.1, 0.15) is 46.1 Å². The van der Waals surface area contributed by atoms with Crippen LogP contribution < -0.4 is 10.1 Å². The molecule has 2 heterocycles. The molecule has 24 heavy (non-hydrogen) atoms. The second-order valence-corrected chi connectivity index (χ2v) is 8.02. The Kier molecular flexibility index (Phi) is 4.20. The molecular formula is C18H22N2O3S. The number of carbonyl (C=O) groups excluding carboxylic acids is 2. The van der Waals surface area contributed by atoms with Crippen molar-refractivity contribution in [1.29, 1.82) is 0 Å². The number of ketones is 1. The Morgan fingerprint density at radius 1 is 1.38 bits per heavy atom. The Hall–Kier alpha value is -1.82. The van der Waals surface area contributed by atoms with Crippen LogP contribution in [0, 0.1) is 0 Å². The number of ether oxygens (including phenoxy) is 1. The Morgan fingerprint density at radius 2 is 2.08 bits per heavy atom. The zero-order valence-electron chi connectivity index (χ0n) is 14.4. The van der Waals surface area contributed by atoms with Gasteiger partial charge in [0, 0.05) is 18.9 Å². The highest BCUT2D eigenvalue weighted by atomic mass is 32.2. The molecule has 1 spiro atoms. The highest BCUT2D eigenvalue weighted by molar-refractivity contribution is 8.15. The predicted molar refractivity (Wildman–Crippen MR) is 95.4 cm³/mol. The van der Waals surface area contributed by atoms with Crippen molar-refractivity contribution in [2.45, 2.75) is 56.9 Å².